The Morgan fingerprint density at radius 2 is 1.45 bits per heavy atom. The number of carboxylic acids is 1. The maximum atomic E-state index is 13.3. The van der Waals surface area contributed by atoms with Crippen LogP contribution in [0, 0.1) is 5.92 Å². The number of amides is 1. The van der Waals surface area contributed by atoms with Gasteiger partial charge >= 0.3 is 12.1 Å². The number of rotatable bonds is 11. The van der Waals surface area contributed by atoms with Gasteiger partial charge in [-0.15, -0.1) is 0 Å². The number of aliphatic carboxylic acids is 1. The fraction of sp³-hybridized carbons (Fsp3) is 0.167. The van der Waals surface area contributed by atoms with Crippen LogP contribution in [-0.4, -0.2) is 43.0 Å². The lowest BCUT2D eigenvalue weighted by Crippen LogP contribution is -2.46. The molecule has 11 heteroatoms. The molecule has 0 fully saturated rings. The van der Waals surface area contributed by atoms with Crippen molar-refractivity contribution in [2.45, 2.75) is 25.1 Å². The van der Waals surface area contributed by atoms with Gasteiger partial charge in [0.05, 0.1) is 31.1 Å². The molecule has 0 unspecified atom stereocenters. The number of nitrogens with two attached hydrogens (primary N) is 2. The Bertz CT molecular complexity index is 1680. The molecule has 0 aliphatic heterocycles. The average Bonchev–Trinajstić information content (AvgIpc) is 3.06. The fourth-order valence-electron chi connectivity index (χ4n) is 4.57. The van der Waals surface area contributed by atoms with E-state index in [1.165, 1.54) is 7.11 Å². The maximum Gasteiger partial charge on any atom is 0.430 e. The van der Waals surface area contributed by atoms with Gasteiger partial charge in [0.15, 0.2) is 0 Å². The van der Waals surface area contributed by atoms with Gasteiger partial charge in [0.1, 0.15) is 5.97 Å². The van der Waals surface area contributed by atoms with E-state index in [4.69, 9.17) is 25.8 Å². The third-order valence-corrected chi connectivity index (χ3v) is 6.93. The van der Waals surface area contributed by atoms with Gasteiger partial charge in [0.2, 0.25) is 5.91 Å². The van der Waals surface area contributed by atoms with Gasteiger partial charge in [-0.2, -0.15) is 13.2 Å². The minimum atomic E-state index is -5.19. The number of carbonyl (C=O) groups excluding carboxylic acids is 3. The highest BCUT2D eigenvalue weighted by Crippen LogP contribution is 2.21. The van der Waals surface area contributed by atoms with Crippen LogP contribution in [-0.2, 0) is 32.0 Å². The molecule has 0 spiro atoms. The summed E-state index contributed by atoms with van der Waals surface area (Å²) in [5.74, 6) is -4.11. The lowest BCUT2D eigenvalue weighted by molar-refractivity contribution is -0.344. The van der Waals surface area contributed by atoms with Crippen molar-refractivity contribution in [1.82, 2.24) is 5.32 Å². The summed E-state index contributed by atoms with van der Waals surface area (Å²) in [6.45, 7) is 0. The molecule has 244 valence electrons. The highest BCUT2D eigenvalue weighted by Gasteiger charge is 2.30. The monoisotopic (exact) mass is 645 g/mol. The van der Waals surface area contributed by atoms with E-state index < -0.39 is 30.1 Å². The molecule has 0 aliphatic carbocycles. The van der Waals surface area contributed by atoms with E-state index in [0.717, 1.165) is 27.8 Å². The summed E-state index contributed by atoms with van der Waals surface area (Å²) in [6.07, 6.45) is -0.950. The number of halogens is 3. The van der Waals surface area contributed by atoms with Crippen LogP contribution in [0.1, 0.15) is 22.3 Å². The Hall–Kier alpha value is -5.71. The first-order valence-electron chi connectivity index (χ1n) is 14.4. The molecular formula is C36H34F3N3O5. The van der Waals surface area contributed by atoms with Crippen molar-refractivity contribution in [1.29, 1.82) is 0 Å². The third-order valence-electron chi connectivity index (χ3n) is 6.93. The molecule has 0 bridgehead atoms. The lowest BCUT2D eigenvalue weighted by Gasteiger charge is -2.24. The first-order valence-corrected chi connectivity index (χ1v) is 14.4. The third kappa shape index (κ3) is 11.6. The zero-order chi connectivity index (χ0) is 34.4. The molecule has 0 saturated heterocycles. The van der Waals surface area contributed by atoms with E-state index in [1.807, 2.05) is 121 Å². The van der Waals surface area contributed by atoms with E-state index in [1.54, 1.807) is 0 Å². The van der Waals surface area contributed by atoms with Crippen LogP contribution in [0.5, 0.6) is 0 Å². The van der Waals surface area contributed by atoms with Gasteiger partial charge < -0.3 is 20.0 Å². The number of carbonyl (C=O) groups is 3. The van der Waals surface area contributed by atoms with E-state index in [2.05, 4.69) is 5.32 Å². The Kier molecular flexibility index (Phi) is 13.0. The molecule has 0 saturated carbocycles. The number of carboxylic acid groups (broad SMARTS) is 1. The Morgan fingerprint density at radius 1 is 0.872 bits per heavy atom. The molecule has 8 nitrogen and oxygen atoms in total. The summed E-state index contributed by atoms with van der Waals surface area (Å²) < 4.78 is 36.7. The Labute approximate surface area is 270 Å². The smallest absolute Gasteiger partial charge is 0.430 e. The number of methoxy groups -OCH3 is 1. The van der Waals surface area contributed by atoms with Gasteiger partial charge in [-0.25, -0.2) is 0 Å². The molecule has 0 aliphatic rings. The molecular weight excluding hydrogens is 611 g/mol. The van der Waals surface area contributed by atoms with Crippen LogP contribution >= 0.6 is 0 Å². The van der Waals surface area contributed by atoms with E-state index in [9.17, 15) is 22.8 Å². The minimum Gasteiger partial charge on any atom is -0.542 e. The number of amidine groups is 1. The van der Waals surface area contributed by atoms with Gasteiger partial charge in [-0.05, 0) is 46.4 Å². The van der Waals surface area contributed by atoms with Crippen molar-refractivity contribution in [3.05, 3.63) is 138 Å². The van der Waals surface area contributed by atoms with Crippen molar-refractivity contribution < 1.29 is 42.8 Å². The van der Waals surface area contributed by atoms with Gasteiger partial charge in [0.25, 0.3) is 5.84 Å². The van der Waals surface area contributed by atoms with E-state index >= 15 is 0 Å². The predicted molar refractivity (Wildman–Crippen MR) is 170 cm³/mol. The predicted octanol–water partition coefficient (Wildman–Crippen LogP) is 2.89. The van der Waals surface area contributed by atoms with Crippen LogP contribution in [0.4, 0.5) is 13.2 Å². The normalized spacial score (nSPS) is 12.3. The molecule has 0 aromatic heterocycles. The van der Waals surface area contributed by atoms with Gasteiger partial charge in [-0.1, -0.05) is 109 Å². The molecule has 1 amide bonds. The van der Waals surface area contributed by atoms with Crippen molar-refractivity contribution >= 4 is 29.8 Å². The zero-order valence-electron chi connectivity index (χ0n) is 25.4. The van der Waals surface area contributed by atoms with Gasteiger partial charge in [-0.3, -0.25) is 20.7 Å². The number of ether oxygens (including phenoxy) is 1. The second-order valence-electron chi connectivity index (χ2n) is 10.4. The molecule has 4 aromatic carbocycles. The summed E-state index contributed by atoms with van der Waals surface area (Å²) >= 11 is 0. The topological polar surface area (TPSA) is 147 Å². The lowest BCUT2D eigenvalue weighted by atomic mass is 9.90. The summed E-state index contributed by atoms with van der Waals surface area (Å²) in [7, 11) is 1.35. The van der Waals surface area contributed by atoms with Crippen LogP contribution in [0.3, 0.4) is 0 Å². The van der Waals surface area contributed by atoms with Crippen molar-refractivity contribution in [3.8, 4) is 11.1 Å². The average molecular weight is 646 g/mol. The van der Waals surface area contributed by atoms with Crippen LogP contribution in [0.2, 0.25) is 0 Å². The quantitative estimate of drug-likeness (QED) is 0.130. The number of esters is 1. The number of alkyl halides is 3. The van der Waals surface area contributed by atoms with Crippen molar-refractivity contribution in [3.63, 3.8) is 0 Å². The van der Waals surface area contributed by atoms with Crippen LogP contribution < -0.4 is 21.6 Å². The second-order valence-corrected chi connectivity index (χ2v) is 10.4. The van der Waals surface area contributed by atoms with Crippen LogP contribution in [0.25, 0.3) is 17.2 Å². The van der Waals surface area contributed by atoms with Crippen LogP contribution in [0.15, 0.2) is 115 Å². The highest BCUT2D eigenvalue weighted by molar-refractivity contribution is 5.92. The number of benzene rings is 4. The molecule has 0 radical (unpaired) electrons. The first kappa shape index (κ1) is 35.8. The van der Waals surface area contributed by atoms with E-state index in [0.29, 0.717) is 12.0 Å². The largest absolute Gasteiger partial charge is 0.542 e. The number of nitrogens with one attached hydrogen (secondary N) is 1. The summed E-state index contributed by atoms with van der Waals surface area (Å²) in [5, 5.41) is 17.6. The fourth-order valence-corrected chi connectivity index (χ4v) is 4.57. The van der Waals surface area contributed by atoms with Gasteiger partial charge in [0, 0.05) is 0 Å². The summed E-state index contributed by atoms with van der Waals surface area (Å²) in [5.41, 5.74) is 11.3. The molecule has 47 heavy (non-hydrogen) atoms. The Balaban J connectivity index is 0.000000771. The molecule has 2 atom stereocenters. The number of hydrogen-bond acceptors (Lipinski definition) is 5. The Morgan fingerprint density at radius 3 is 2.00 bits per heavy atom. The summed E-state index contributed by atoms with van der Waals surface area (Å²) in [4.78, 5) is 35.1. The highest BCUT2D eigenvalue weighted by atomic mass is 19.4. The molecule has 4 aromatic rings. The standard InChI is InChI=1S/C34H33N3O3.C2HF3O2/c1-40-34(39)30(22-26-11-8-14-29(21-26)33(35)36)31(20-17-24-9-4-2-5-10-24)37-32(38)23-25-15-18-28(19-16-25)27-12-6-3-7-13-27;3-2(4,5)1(6)7/h2-21,30-31H,22-23H2,1H3,(H3,35,36)(H,37,38);(H,6,7)/b20-17+;/t30-,31+;/m0./s1. The first-order chi connectivity index (χ1) is 22.4. The molecule has 5 N–H and O–H groups in total. The molecule has 0 heterocycles. The molecule has 4 rings (SSSR count). The second kappa shape index (κ2) is 17.1. The van der Waals surface area contributed by atoms with Crippen molar-refractivity contribution in [2.75, 3.05) is 7.11 Å². The number of hydrogen-bond donors (Lipinski definition) is 3. The van der Waals surface area contributed by atoms with E-state index in [-0.39, 0.29) is 18.2 Å². The maximum absolute atomic E-state index is 13.3. The SMILES string of the molecule is COC(=O)[C@@H](Cc1cccc(C(N)=[NH2+])c1)[C@@H](/C=C/c1ccccc1)NC(=O)Cc1ccc(-c2ccccc2)cc1.O=C([O-])C(F)(F)F. The summed E-state index contributed by atoms with van der Waals surface area (Å²) in [6, 6.07) is 34.5. The minimum absolute atomic E-state index is 0.173. The van der Waals surface area contributed by atoms with Crippen molar-refractivity contribution in [2.24, 2.45) is 11.7 Å². The zero-order valence-corrected chi connectivity index (χ0v) is 25.4.